The largest absolute Gasteiger partial charge is 0.479 e. The van der Waals surface area contributed by atoms with Crippen LogP contribution in [-0.2, 0) is 7.05 Å². The Morgan fingerprint density at radius 2 is 1.84 bits per heavy atom. The van der Waals surface area contributed by atoms with Gasteiger partial charge in [0.2, 0.25) is 5.88 Å². The first-order valence-electron chi connectivity index (χ1n) is 9.76. The highest BCUT2D eigenvalue weighted by Gasteiger charge is 2.19. The number of methoxy groups -OCH3 is 1. The second-order valence-electron chi connectivity index (χ2n) is 7.11. The number of aryl methyl sites for hydroxylation is 1. The summed E-state index contributed by atoms with van der Waals surface area (Å²) in [6.45, 7) is 0. The Bertz CT molecular complexity index is 1480. The van der Waals surface area contributed by atoms with Crippen molar-refractivity contribution in [3.63, 3.8) is 0 Å². The van der Waals surface area contributed by atoms with E-state index in [9.17, 15) is 4.79 Å². The molecule has 4 heterocycles. The maximum absolute atomic E-state index is 13.2. The quantitative estimate of drug-likeness (QED) is 0.487. The van der Waals surface area contributed by atoms with Gasteiger partial charge in [-0.25, -0.2) is 14.8 Å². The van der Waals surface area contributed by atoms with Gasteiger partial charge in [0, 0.05) is 37.4 Å². The van der Waals surface area contributed by atoms with Gasteiger partial charge in [-0.15, -0.1) is 0 Å². The van der Waals surface area contributed by atoms with Gasteiger partial charge in [-0.2, -0.15) is 0 Å². The molecule has 0 fully saturated rings. The van der Waals surface area contributed by atoms with Crippen molar-refractivity contribution in [1.29, 1.82) is 0 Å². The molecule has 0 aliphatic rings. The van der Waals surface area contributed by atoms with Crippen LogP contribution in [0.5, 0.6) is 5.88 Å². The molecule has 31 heavy (non-hydrogen) atoms. The summed E-state index contributed by atoms with van der Waals surface area (Å²) in [5, 5.41) is 3.88. The molecule has 0 bridgehead atoms. The van der Waals surface area contributed by atoms with Crippen molar-refractivity contribution in [2.45, 2.75) is 0 Å². The van der Waals surface area contributed by atoms with Gasteiger partial charge >= 0.3 is 5.69 Å². The predicted molar refractivity (Wildman–Crippen MR) is 121 cm³/mol. The number of hydrogen-bond acceptors (Lipinski definition) is 6. The molecular weight excluding hydrogens is 392 g/mol. The van der Waals surface area contributed by atoms with E-state index in [0.717, 1.165) is 38.9 Å². The standard InChI is InChI=1S/C23H20N6O2/c1-24-20-9-7-15(12-27-20)14-6-8-17-16(11-14)21-19(13-26-17)28(2)23(30)29(21)18-5-4-10-25-22(18)31-3/h4-13H,1-3H3,(H,24,27). The van der Waals surface area contributed by atoms with Gasteiger partial charge in [0.05, 0.1) is 29.9 Å². The van der Waals surface area contributed by atoms with E-state index in [0.29, 0.717) is 11.6 Å². The molecule has 0 spiro atoms. The fourth-order valence-electron chi connectivity index (χ4n) is 3.82. The SMILES string of the molecule is CNc1ccc(-c2ccc3ncc4c(c3c2)n(-c2cccnc2OC)c(=O)n4C)cn1. The summed E-state index contributed by atoms with van der Waals surface area (Å²) in [5.74, 6) is 1.18. The summed E-state index contributed by atoms with van der Waals surface area (Å²) in [6, 6.07) is 13.5. The Morgan fingerprint density at radius 3 is 2.58 bits per heavy atom. The van der Waals surface area contributed by atoms with Crippen LogP contribution in [-0.4, -0.2) is 38.2 Å². The number of imidazole rings is 1. The molecule has 0 radical (unpaired) electrons. The molecule has 0 aliphatic heterocycles. The van der Waals surface area contributed by atoms with Crippen molar-refractivity contribution in [1.82, 2.24) is 24.1 Å². The lowest BCUT2D eigenvalue weighted by Gasteiger charge is -2.10. The van der Waals surface area contributed by atoms with E-state index in [-0.39, 0.29) is 5.69 Å². The van der Waals surface area contributed by atoms with Crippen LogP contribution in [0, 0.1) is 0 Å². The van der Waals surface area contributed by atoms with E-state index in [2.05, 4.69) is 20.3 Å². The lowest BCUT2D eigenvalue weighted by atomic mass is 10.0. The average molecular weight is 412 g/mol. The molecule has 1 N–H and O–H groups in total. The number of ether oxygens (including phenoxy) is 1. The molecule has 8 nitrogen and oxygen atoms in total. The highest BCUT2D eigenvalue weighted by Crippen LogP contribution is 2.31. The molecule has 1 aromatic carbocycles. The van der Waals surface area contributed by atoms with E-state index in [4.69, 9.17) is 4.74 Å². The molecule has 0 aliphatic carbocycles. The number of aromatic nitrogens is 5. The van der Waals surface area contributed by atoms with E-state index < -0.39 is 0 Å². The number of nitrogens with zero attached hydrogens (tertiary/aromatic N) is 5. The topological polar surface area (TPSA) is 86.9 Å². The van der Waals surface area contributed by atoms with Crippen LogP contribution in [0.2, 0.25) is 0 Å². The van der Waals surface area contributed by atoms with Gasteiger partial charge < -0.3 is 10.1 Å². The summed E-state index contributed by atoms with van der Waals surface area (Å²) < 4.78 is 8.65. The highest BCUT2D eigenvalue weighted by molar-refractivity contribution is 6.04. The Labute approximate surface area is 177 Å². The Balaban J connectivity index is 1.84. The maximum atomic E-state index is 13.2. The van der Waals surface area contributed by atoms with Gasteiger partial charge in [0.1, 0.15) is 11.5 Å². The number of anilines is 1. The molecule has 0 unspecified atom stereocenters. The molecule has 5 rings (SSSR count). The molecule has 0 atom stereocenters. The number of benzene rings is 1. The summed E-state index contributed by atoms with van der Waals surface area (Å²) in [4.78, 5) is 26.5. The maximum Gasteiger partial charge on any atom is 0.333 e. The number of nitrogens with one attached hydrogen (secondary N) is 1. The average Bonchev–Trinajstić information content (AvgIpc) is 3.09. The zero-order valence-corrected chi connectivity index (χ0v) is 17.3. The molecule has 0 saturated carbocycles. The third-order valence-electron chi connectivity index (χ3n) is 5.42. The van der Waals surface area contributed by atoms with Crippen LogP contribution >= 0.6 is 0 Å². The van der Waals surface area contributed by atoms with Crippen LogP contribution in [0.15, 0.2) is 65.8 Å². The number of pyridine rings is 3. The number of fused-ring (bicyclic) bond motifs is 3. The minimum atomic E-state index is -0.193. The van der Waals surface area contributed by atoms with Crippen molar-refractivity contribution in [3.8, 4) is 22.7 Å². The smallest absolute Gasteiger partial charge is 0.333 e. The van der Waals surface area contributed by atoms with Gasteiger partial charge in [-0.3, -0.25) is 14.1 Å². The first kappa shape index (κ1) is 18.8. The zero-order chi connectivity index (χ0) is 21.5. The minimum absolute atomic E-state index is 0.193. The molecule has 5 aromatic rings. The van der Waals surface area contributed by atoms with Crippen molar-refractivity contribution < 1.29 is 4.74 Å². The summed E-state index contributed by atoms with van der Waals surface area (Å²) >= 11 is 0. The molecule has 8 heteroatoms. The summed E-state index contributed by atoms with van der Waals surface area (Å²) in [7, 11) is 5.12. The van der Waals surface area contributed by atoms with Crippen molar-refractivity contribution in [2.24, 2.45) is 7.05 Å². The molecule has 0 saturated heterocycles. The molecule has 0 amide bonds. The third kappa shape index (κ3) is 2.92. The second kappa shape index (κ2) is 7.24. The fourth-order valence-corrected chi connectivity index (χ4v) is 3.82. The zero-order valence-electron chi connectivity index (χ0n) is 17.3. The predicted octanol–water partition coefficient (Wildman–Crippen LogP) is 3.38. The second-order valence-corrected chi connectivity index (χ2v) is 7.11. The van der Waals surface area contributed by atoms with Gasteiger partial charge in [0.15, 0.2) is 0 Å². The third-order valence-corrected chi connectivity index (χ3v) is 5.42. The van der Waals surface area contributed by atoms with E-state index >= 15 is 0 Å². The minimum Gasteiger partial charge on any atom is -0.479 e. The monoisotopic (exact) mass is 412 g/mol. The first-order valence-corrected chi connectivity index (χ1v) is 9.76. The molecule has 4 aromatic heterocycles. The number of hydrogen-bond donors (Lipinski definition) is 1. The summed E-state index contributed by atoms with van der Waals surface area (Å²) in [5.41, 5.74) is 4.62. The van der Waals surface area contributed by atoms with Crippen LogP contribution in [0.25, 0.3) is 38.8 Å². The lowest BCUT2D eigenvalue weighted by Crippen LogP contribution is -2.21. The Morgan fingerprint density at radius 1 is 1.00 bits per heavy atom. The van der Waals surface area contributed by atoms with Crippen LogP contribution in [0.3, 0.4) is 0 Å². The van der Waals surface area contributed by atoms with Crippen LogP contribution < -0.4 is 15.7 Å². The van der Waals surface area contributed by atoms with Crippen LogP contribution in [0.4, 0.5) is 5.82 Å². The van der Waals surface area contributed by atoms with E-state index in [1.165, 1.54) is 0 Å². The lowest BCUT2D eigenvalue weighted by molar-refractivity contribution is 0.396. The van der Waals surface area contributed by atoms with Crippen molar-refractivity contribution in [3.05, 3.63) is 71.5 Å². The first-order chi connectivity index (χ1) is 15.1. The van der Waals surface area contributed by atoms with Gasteiger partial charge in [-0.05, 0) is 42.0 Å². The van der Waals surface area contributed by atoms with Crippen LogP contribution in [0.1, 0.15) is 0 Å². The van der Waals surface area contributed by atoms with Crippen molar-refractivity contribution in [2.75, 3.05) is 19.5 Å². The normalized spacial score (nSPS) is 11.2. The Hall–Kier alpha value is -4.20. The molecule has 154 valence electrons. The summed E-state index contributed by atoms with van der Waals surface area (Å²) in [6.07, 6.45) is 5.18. The van der Waals surface area contributed by atoms with Crippen molar-refractivity contribution >= 4 is 27.8 Å². The van der Waals surface area contributed by atoms with Gasteiger partial charge in [0.25, 0.3) is 0 Å². The van der Waals surface area contributed by atoms with Gasteiger partial charge in [-0.1, -0.05) is 6.07 Å². The Kier molecular flexibility index (Phi) is 4.39. The van der Waals surface area contributed by atoms with E-state index in [1.807, 2.05) is 49.6 Å². The molecular formula is C23H20N6O2. The van der Waals surface area contributed by atoms with E-state index in [1.54, 1.807) is 41.8 Å². The number of rotatable bonds is 4. The fraction of sp³-hybridized carbons (Fsp3) is 0.130. The highest BCUT2D eigenvalue weighted by atomic mass is 16.5.